The summed E-state index contributed by atoms with van der Waals surface area (Å²) in [7, 11) is 1.63. The number of aryl methyl sites for hydroxylation is 1. The van der Waals surface area contributed by atoms with E-state index in [2.05, 4.69) is 15.5 Å². The number of benzene rings is 3. The predicted octanol–water partition coefficient (Wildman–Crippen LogP) is 4.57. The van der Waals surface area contributed by atoms with Crippen molar-refractivity contribution >= 4 is 34.0 Å². The van der Waals surface area contributed by atoms with Gasteiger partial charge in [0.2, 0.25) is 5.65 Å². The number of fused-ring (bicyclic) bond motifs is 3. The molecule has 2 heterocycles. The summed E-state index contributed by atoms with van der Waals surface area (Å²) in [6.45, 7) is 1.88. The molecule has 5 rings (SSSR count). The van der Waals surface area contributed by atoms with Gasteiger partial charge >= 0.3 is 0 Å². The number of hydrogen-bond donors (Lipinski definition) is 1. The van der Waals surface area contributed by atoms with Gasteiger partial charge in [-0.1, -0.05) is 30.3 Å². The molecule has 31 heavy (non-hydrogen) atoms. The minimum absolute atomic E-state index is 0.0400. The summed E-state index contributed by atoms with van der Waals surface area (Å²) in [6.07, 6.45) is 0. The van der Waals surface area contributed by atoms with E-state index in [0.717, 1.165) is 22.5 Å². The van der Waals surface area contributed by atoms with E-state index >= 15 is 0 Å². The van der Waals surface area contributed by atoms with Crippen LogP contribution in [-0.2, 0) is 0 Å². The lowest BCUT2D eigenvalue weighted by Crippen LogP contribution is -2.04. The number of carbonyl (C=O) groups is 1. The molecule has 0 aliphatic carbocycles. The predicted molar refractivity (Wildman–Crippen MR) is 119 cm³/mol. The van der Waals surface area contributed by atoms with Crippen LogP contribution in [0.1, 0.15) is 21.7 Å². The number of methoxy groups -OCH3 is 1. The molecule has 152 valence electrons. The first kappa shape index (κ1) is 18.7. The number of ether oxygens (including phenoxy) is 1. The average Bonchev–Trinajstić information content (AvgIpc) is 3.22. The topological polar surface area (TPSA) is 81.4 Å². The van der Waals surface area contributed by atoms with Gasteiger partial charge in [0.05, 0.1) is 18.1 Å². The number of nitrogens with zero attached hydrogens (tertiary/aromatic N) is 4. The molecule has 5 aromatic rings. The second-order valence-electron chi connectivity index (χ2n) is 7.12. The van der Waals surface area contributed by atoms with Crippen molar-refractivity contribution in [1.29, 1.82) is 0 Å². The van der Waals surface area contributed by atoms with Crippen LogP contribution in [0.25, 0.3) is 16.7 Å². The van der Waals surface area contributed by atoms with Gasteiger partial charge in [0.15, 0.2) is 11.6 Å². The van der Waals surface area contributed by atoms with E-state index < -0.39 is 0 Å². The summed E-state index contributed by atoms with van der Waals surface area (Å²) in [5.41, 5.74) is 4.18. The van der Waals surface area contributed by atoms with Crippen LogP contribution in [0.5, 0.6) is 5.75 Å². The van der Waals surface area contributed by atoms with Crippen LogP contribution >= 0.6 is 0 Å². The van der Waals surface area contributed by atoms with Crippen molar-refractivity contribution in [2.75, 3.05) is 12.4 Å². The van der Waals surface area contributed by atoms with Crippen LogP contribution in [0, 0.1) is 6.92 Å². The number of nitrogens with one attached hydrogen (secondary N) is 1. The van der Waals surface area contributed by atoms with Crippen LogP contribution in [0.15, 0.2) is 72.8 Å². The number of anilines is 2. The molecule has 0 radical (unpaired) electrons. The Morgan fingerprint density at radius 2 is 1.71 bits per heavy atom. The molecule has 0 atom stereocenters. The summed E-state index contributed by atoms with van der Waals surface area (Å²) >= 11 is 0. The third-order valence-electron chi connectivity index (χ3n) is 5.14. The Hall–Kier alpha value is -4.26. The largest absolute Gasteiger partial charge is 0.497 e. The van der Waals surface area contributed by atoms with Crippen molar-refractivity contribution in [3.63, 3.8) is 0 Å². The van der Waals surface area contributed by atoms with Gasteiger partial charge in [-0.15, -0.1) is 10.2 Å². The number of hydrogen-bond acceptors (Lipinski definition) is 6. The zero-order chi connectivity index (χ0) is 21.4. The number of rotatable bonds is 5. The van der Waals surface area contributed by atoms with Gasteiger partial charge in [0.1, 0.15) is 11.6 Å². The van der Waals surface area contributed by atoms with Gasteiger partial charge in [-0.3, -0.25) is 9.20 Å². The van der Waals surface area contributed by atoms with Gasteiger partial charge in [0.25, 0.3) is 0 Å². The maximum Gasteiger partial charge on any atom is 0.204 e. The highest BCUT2D eigenvalue weighted by Gasteiger charge is 2.16. The Bertz CT molecular complexity index is 1410. The first-order valence-corrected chi connectivity index (χ1v) is 9.80. The van der Waals surface area contributed by atoms with Crippen LogP contribution in [-0.4, -0.2) is 32.5 Å². The molecule has 0 spiro atoms. The number of carbonyl (C=O) groups excluding carboxylic acids is 1. The summed E-state index contributed by atoms with van der Waals surface area (Å²) in [5, 5.41) is 11.9. The normalized spacial score (nSPS) is 11.0. The van der Waals surface area contributed by atoms with Gasteiger partial charge in [-0.2, -0.15) is 0 Å². The smallest absolute Gasteiger partial charge is 0.204 e. The Balaban J connectivity index is 1.62. The molecule has 0 bridgehead atoms. The summed E-state index contributed by atoms with van der Waals surface area (Å²) in [6, 6.07) is 22.3. The molecule has 0 aliphatic heterocycles. The summed E-state index contributed by atoms with van der Waals surface area (Å²) < 4.78 is 7.13. The molecule has 1 N–H and O–H groups in total. The Morgan fingerprint density at radius 3 is 2.45 bits per heavy atom. The van der Waals surface area contributed by atoms with Crippen LogP contribution < -0.4 is 10.1 Å². The number of aromatic nitrogens is 4. The second-order valence-corrected chi connectivity index (χ2v) is 7.12. The Morgan fingerprint density at radius 1 is 0.935 bits per heavy atom. The van der Waals surface area contributed by atoms with Crippen molar-refractivity contribution in [3.05, 3.63) is 89.7 Å². The fourth-order valence-corrected chi connectivity index (χ4v) is 3.56. The molecule has 2 aromatic heterocycles. The molecule has 0 saturated carbocycles. The van der Waals surface area contributed by atoms with E-state index in [4.69, 9.17) is 9.72 Å². The fraction of sp³-hybridized carbons (Fsp3) is 0.0833. The second kappa shape index (κ2) is 7.53. The van der Waals surface area contributed by atoms with E-state index in [-0.39, 0.29) is 5.78 Å². The average molecular weight is 409 g/mol. The fourth-order valence-electron chi connectivity index (χ4n) is 3.56. The third kappa shape index (κ3) is 3.36. The summed E-state index contributed by atoms with van der Waals surface area (Å²) in [4.78, 5) is 17.7. The number of ketones is 1. The minimum Gasteiger partial charge on any atom is -0.497 e. The maximum absolute atomic E-state index is 12.9. The first-order valence-electron chi connectivity index (χ1n) is 9.80. The van der Waals surface area contributed by atoms with E-state index in [1.54, 1.807) is 13.2 Å². The summed E-state index contributed by atoms with van der Waals surface area (Å²) in [5.74, 6) is 2.03. The minimum atomic E-state index is -0.0400. The SMILES string of the molecule is COc1ccc(Nc2nc3ccc(C(=O)c4ccccc4)cc3n3c(C)nnc23)cc1. The van der Waals surface area contributed by atoms with Crippen molar-refractivity contribution in [2.24, 2.45) is 0 Å². The highest BCUT2D eigenvalue weighted by atomic mass is 16.5. The van der Waals surface area contributed by atoms with E-state index in [9.17, 15) is 4.79 Å². The molecule has 0 saturated heterocycles. The molecule has 7 nitrogen and oxygen atoms in total. The Kier molecular flexibility index (Phi) is 4.55. The first-order chi connectivity index (χ1) is 15.1. The van der Waals surface area contributed by atoms with E-state index in [1.165, 1.54) is 0 Å². The molecule has 7 heteroatoms. The van der Waals surface area contributed by atoms with Crippen LogP contribution in [0.3, 0.4) is 0 Å². The lowest BCUT2D eigenvalue weighted by atomic mass is 10.0. The molecular weight excluding hydrogens is 390 g/mol. The van der Waals surface area contributed by atoms with Gasteiger partial charge in [0, 0.05) is 16.8 Å². The molecule has 0 amide bonds. The third-order valence-corrected chi connectivity index (χ3v) is 5.14. The van der Waals surface area contributed by atoms with Crippen molar-refractivity contribution < 1.29 is 9.53 Å². The van der Waals surface area contributed by atoms with E-state index in [1.807, 2.05) is 78.1 Å². The molecule has 0 unspecified atom stereocenters. The Labute approximate surface area is 178 Å². The van der Waals surface area contributed by atoms with Gasteiger partial charge in [-0.05, 0) is 49.4 Å². The molecular formula is C24H19N5O2. The van der Waals surface area contributed by atoms with Crippen molar-refractivity contribution in [1.82, 2.24) is 19.6 Å². The highest BCUT2D eigenvalue weighted by molar-refractivity contribution is 6.10. The lowest BCUT2D eigenvalue weighted by Gasteiger charge is -2.11. The molecule has 0 fully saturated rings. The maximum atomic E-state index is 12.9. The molecule has 3 aromatic carbocycles. The van der Waals surface area contributed by atoms with Crippen LogP contribution in [0.4, 0.5) is 11.5 Å². The molecule has 0 aliphatic rings. The quantitative estimate of drug-likeness (QED) is 0.428. The van der Waals surface area contributed by atoms with Gasteiger partial charge < -0.3 is 10.1 Å². The van der Waals surface area contributed by atoms with Crippen LogP contribution in [0.2, 0.25) is 0 Å². The zero-order valence-corrected chi connectivity index (χ0v) is 17.0. The van der Waals surface area contributed by atoms with Gasteiger partial charge in [-0.25, -0.2) is 4.98 Å². The van der Waals surface area contributed by atoms with Crippen molar-refractivity contribution in [2.45, 2.75) is 6.92 Å². The van der Waals surface area contributed by atoms with Crippen molar-refractivity contribution in [3.8, 4) is 5.75 Å². The highest BCUT2D eigenvalue weighted by Crippen LogP contribution is 2.26. The lowest BCUT2D eigenvalue weighted by molar-refractivity contribution is 0.103. The zero-order valence-electron chi connectivity index (χ0n) is 17.0. The monoisotopic (exact) mass is 409 g/mol. The van der Waals surface area contributed by atoms with E-state index in [0.29, 0.717) is 28.4 Å². The standard InChI is InChI=1S/C24H19N5O2/c1-15-27-28-24-23(25-18-9-11-19(31-2)12-10-18)26-20-13-8-17(14-21(20)29(15)24)22(30)16-6-4-3-5-7-16/h3-14H,1-2H3,(H,25,26).